The molecular weight excluding hydrogens is 292 g/mol. The van der Waals surface area contributed by atoms with Gasteiger partial charge >= 0.3 is 0 Å². The molecule has 1 aromatic carbocycles. The van der Waals surface area contributed by atoms with Crippen LogP contribution in [-0.2, 0) is 14.3 Å². The predicted octanol–water partition coefficient (Wildman–Crippen LogP) is 1.76. The Balaban J connectivity index is 2.31. The van der Waals surface area contributed by atoms with Gasteiger partial charge in [0.25, 0.3) is 5.91 Å². The van der Waals surface area contributed by atoms with E-state index in [2.05, 4.69) is 5.32 Å². The van der Waals surface area contributed by atoms with Gasteiger partial charge in [-0.3, -0.25) is 9.59 Å². The van der Waals surface area contributed by atoms with Crippen molar-refractivity contribution in [3.05, 3.63) is 34.9 Å². The molecule has 2 atom stereocenters. The number of carbonyl (C=O) groups is 2. The van der Waals surface area contributed by atoms with E-state index in [1.807, 2.05) is 13.8 Å². The van der Waals surface area contributed by atoms with E-state index in [4.69, 9.17) is 16.3 Å². The van der Waals surface area contributed by atoms with Crippen molar-refractivity contribution < 1.29 is 14.3 Å². The summed E-state index contributed by atoms with van der Waals surface area (Å²) in [6, 6.07) is 6.64. The second-order valence-corrected chi connectivity index (χ2v) is 5.83. The number of ether oxygens (including phenoxy) is 1. The number of hydrogen-bond acceptors (Lipinski definition) is 3. The molecule has 0 spiro atoms. The number of nitrogens with one attached hydrogen (secondary N) is 1. The zero-order valence-electron chi connectivity index (χ0n) is 12.3. The molecule has 6 heteroatoms. The third-order valence-corrected chi connectivity index (χ3v) is 3.64. The lowest BCUT2D eigenvalue weighted by atomic mass is 9.97. The zero-order chi connectivity index (χ0) is 15.6. The summed E-state index contributed by atoms with van der Waals surface area (Å²) in [7, 11) is 1.68. The van der Waals surface area contributed by atoms with E-state index < -0.39 is 12.1 Å². The van der Waals surface area contributed by atoms with Crippen LogP contribution in [0, 0.1) is 0 Å². The quantitative estimate of drug-likeness (QED) is 0.925. The Hall–Kier alpha value is -1.59. The molecule has 0 saturated carbocycles. The van der Waals surface area contributed by atoms with Gasteiger partial charge in [-0.15, -0.1) is 0 Å². The van der Waals surface area contributed by atoms with Gasteiger partial charge in [0, 0.05) is 18.1 Å². The zero-order valence-corrected chi connectivity index (χ0v) is 13.1. The SMILES string of the molecule is CC(C)NC(=O)[C@@H]1OCC(=O)N(C)[C@H]1c1ccc(Cl)cc1. The fourth-order valence-electron chi connectivity index (χ4n) is 2.36. The van der Waals surface area contributed by atoms with Gasteiger partial charge < -0.3 is 15.0 Å². The fraction of sp³-hybridized carbons (Fsp3) is 0.467. The van der Waals surface area contributed by atoms with Crippen LogP contribution in [0.2, 0.25) is 5.02 Å². The Labute approximate surface area is 129 Å². The molecule has 2 rings (SSSR count). The third kappa shape index (κ3) is 3.54. The summed E-state index contributed by atoms with van der Waals surface area (Å²) >= 11 is 5.89. The van der Waals surface area contributed by atoms with E-state index in [9.17, 15) is 9.59 Å². The Morgan fingerprint density at radius 2 is 2.00 bits per heavy atom. The summed E-state index contributed by atoms with van der Waals surface area (Å²) in [5.74, 6) is -0.368. The normalized spacial score (nSPS) is 22.5. The summed E-state index contributed by atoms with van der Waals surface area (Å²) in [6.45, 7) is 3.68. The highest BCUT2D eigenvalue weighted by Crippen LogP contribution is 2.30. The first-order chi connectivity index (χ1) is 9.90. The number of likely N-dealkylation sites (N-methyl/N-ethyl adjacent to an activating group) is 1. The van der Waals surface area contributed by atoms with Gasteiger partial charge in [0.2, 0.25) is 5.91 Å². The van der Waals surface area contributed by atoms with Crippen molar-refractivity contribution in [1.82, 2.24) is 10.2 Å². The maximum absolute atomic E-state index is 12.3. The molecular formula is C15H19ClN2O3. The van der Waals surface area contributed by atoms with Crippen molar-refractivity contribution in [1.29, 1.82) is 0 Å². The standard InChI is InChI=1S/C15H19ClN2O3/c1-9(2)17-15(20)14-13(18(3)12(19)8-21-14)10-4-6-11(16)7-5-10/h4-7,9,13-14H,8H2,1-3H3,(H,17,20)/t13-,14+/m0/s1. The summed E-state index contributed by atoms with van der Waals surface area (Å²) < 4.78 is 5.48. The van der Waals surface area contributed by atoms with Crippen molar-refractivity contribution in [3.8, 4) is 0 Å². The van der Waals surface area contributed by atoms with Crippen LogP contribution in [0.4, 0.5) is 0 Å². The van der Waals surface area contributed by atoms with Crippen LogP contribution >= 0.6 is 11.6 Å². The van der Waals surface area contributed by atoms with Gasteiger partial charge in [-0.1, -0.05) is 23.7 Å². The Morgan fingerprint density at radius 1 is 1.38 bits per heavy atom. The number of rotatable bonds is 3. The molecule has 2 amide bonds. The van der Waals surface area contributed by atoms with Crippen LogP contribution in [0.3, 0.4) is 0 Å². The molecule has 114 valence electrons. The van der Waals surface area contributed by atoms with Crippen LogP contribution in [0.25, 0.3) is 0 Å². The summed E-state index contributed by atoms with van der Waals surface area (Å²) in [6.07, 6.45) is -0.726. The van der Waals surface area contributed by atoms with E-state index in [0.717, 1.165) is 5.56 Å². The van der Waals surface area contributed by atoms with E-state index in [0.29, 0.717) is 5.02 Å². The van der Waals surface area contributed by atoms with E-state index in [1.165, 1.54) is 0 Å². The highest BCUT2D eigenvalue weighted by atomic mass is 35.5. The maximum Gasteiger partial charge on any atom is 0.251 e. The minimum absolute atomic E-state index is 0.00917. The Kier molecular flexibility index (Phi) is 4.85. The first-order valence-corrected chi connectivity index (χ1v) is 7.21. The first kappa shape index (κ1) is 15.8. The van der Waals surface area contributed by atoms with Crippen molar-refractivity contribution in [3.63, 3.8) is 0 Å². The van der Waals surface area contributed by atoms with Crippen molar-refractivity contribution in [2.24, 2.45) is 0 Å². The number of hydrogen-bond donors (Lipinski definition) is 1. The maximum atomic E-state index is 12.3. The molecule has 0 bridgehead atoms. The number of nitrogens with zero attached hydrogens (tertiary/aromatic N) is 1. The van der Waals surface area contributed by atoms with Crippen LogP contribution in [0.15, 0.2) is 24.3 Å². The average molecular weight is 311 g/mol. The molecule has 1 heterocycles. The molecule has 0 aromatic heterocycles. The summed E-state index contributed by atoms with van der Waals surface area (Å²) in [5.41, 5.74) is 0.818. The molecule has 1 N–H and O–H groups in total. The Bertz CT molecular complexity index is 530. The number of benzene rings is 1. The smallest absolute Gasteiger partial charge is 0.251 e. The van der Waals surface area contributed by atoms with Crippen LogP contribution in [0.5, 0.6) is 0 Å². The van der Waals surface area contributed by atoms with Crippen molar-refractivity contribution in [2.45, 2.75) is 32.0 Å². The molecule has 1 saturated heterocycles. The molecule has 21 heavy (non-hydrogen) atoms. The van der Waals surface area contributed by atoms with Gasteiger partial charge in [0.05, 0.1) is 6.04 Å². The van der Waals surface area contributed by atoms with Gasteiger partial charge in [-0.2, -0.15) is 0 Å². The Morgan fingerprint density at radius 3 is 2.57 bits per heavy atom. The molecule has 1 aliphatic rings. The molecule has 1 fully saturated rings. The van der Waals surface area contributed by atoms with E-state index in [-0.39, 0.29) is 24.5 Å². The minimum Gasteiger partial charge on any atom is -0.356 e. The highest BCUT2D eigenvalue weighted by Gasteiger charge is 2.40. The predicted molar refractivity (Wildman–Crippen MR) is 80.0 cm³/mol. The lowest BCUT2D eigenvalue weighted by Gasteiger charge is -2.38. The number of morpholine rings is 1. The molecule has 1 aromatic rings. The largest absolute Gasteiger partial charge is 0.356 e. The van der Waals surface area contributed by atoms with Crippen molar-refractivity contribution in [2.75, 3.05) is 13.7 Å². The minimum atomic E-state index is -0.726. The summed E-state index contributed by atoms with van der Waals surface area (Å²) in [4.78, 5) is 25.7. The van der Waals surface area contributed by atoms with E-state index in [1.54, 1.807) is 36.2 Å². The molecule has 5 nitrogen and oxygen atoms in total. The second kappa shape index (κ2) is 6.45. The second-order valence-electron chi connectivity index (χ2n) is 5.40. The highest BCUT2D eigenvalue weighted by molar-refractivity contribution is 6.30. The number of halogens is 1. The van der Waals surface area contributed by atoms with Gasteiger partial charge in [-0.25, -0.2) is 0 Å². The first-order valence-electron chi connectivity index (χ1n) is 6.83. The van der Waals surface area contributed by atoms with E-state index >= 15 is 0 Å². The van der Waals surface area contributed by atoms with Crippen LogP contribution in [-0.4, -0.2) is 42.5 Å². The third-order valence-electron chi connectivity index (χ3n) is 3.38. The average Bonchev–Trinajstić information content (AvgIpc) is 2.42. The van der Waals surface area contributed by atoms with Crippen LogP contribution < -0.4 is 5.32 Å². The lowest BCUT2D eigenvalue weighted by molar-refractivity contribution is -0.162. The van der Waals surface area contributed by atoms with Crippen molar-refractivity contribution >= 4 is 23.4 Å². The monoisotopic (exact) mass is 310 g/mol. The topological polar surface area (TPSA) is 58.6 Å². The molecule has 0 aliphatic carbocycles. The fourth-order valence-corrected chi connectivity index (χ4v) is 2.48. The number of amides is 2. The summed E-state index contributed by atoms with van der Waals surface area (Å²) in [5, 5.41) is 3.44. The number of carbonyl (C=O) groups excluding carboxylic acids is 2. The van der Waals surface area contributed by atoms with Gasteiger partial charge in [0.1, 0.15) is 6.61 Å². The molecule has 0 radical (unpaired) electrons. The van der Waals surface area contributed by atoms with Gasteiger partial charge in [0.15, 0.2) is 6.10 Å². The molecule has 0 unspecified atom stereocenters. The lowest BCUT2D eigenvalue weighted by Crippen LogP contribution is -2.53. The molecule has 1 aliphatic heterocycles. The van der Waals surface area contributed by atoms with Gasteiger partial charge in [-0.05, 0) is 31.5 Å². The van der Waals surface area contributed by atoms with Crippen LogP contribution in [0.1, 0.15) is 25.5 Å².